The molecule has 0 aliphatic carbocycles. The van der Waals surface area contributed by atoms with Crippen molar-refractivity contribution in [3.63, 3.8) is 0 Å². The lowest BCUT2D eigenvalue weighted by atomic mass is 10.1. The molecule has 0 saturated carbocycles. The molecule has 0 amide bonds. The zero-order valence-corrected chi connectivity index (χ0v) is 13.9. The second-order valence-electron chi connectivity index (χ2n) is 5.21. The van der Waals surface area contributed by atoms with Gasteiger partial charge in [0.25, 0.3) is 0 Å². The molecule has 0 saturated heterocycles. The van der Waals surface area contributed by atoms with Gasteiger partial charge in [-0.1, -0.05) is 12.1 Å². The molecule has 1 atom stereocenters. The summed E-state index contributed by atoms with van der Waals surface area (Å²) in [6, 6.07) is 11.2. The third-order valence-corrected chi connectivity index (χ3v) is 3.86. The fourth-order valence-electron chi connectivity index (χ4n) is 2.15. The summed E-state index contributed by atoms with van der Waals surface area (Å²) in [5.74, 6) is 0.0588. The van der Waals surface area contributed by atoms with E-state index in [-0.39, 0.29) is 11.9 Å². The van der Waals surface area contributed by atoms with Crippen LogP contribution in [0.2, 0.25) is 0 Å². The highest BCUT2D eigenvalue weighted by Gasteiger charge is 2.10. The number of rotatable bonds is 6. The third kappa shape index (κ3) is 4.85. The van der Waals surface area contributed by atoms with Gasteiger partial charge in [-0.05, 0) is 36.8 Å². The SMILES string of the molecule is COc1cc(F)ccc1NC(C)c1ccc(NS(C)(=O)=O)cc1. The minimum atomic E-state index is -3.29. The first-order valence-electron chi connectivity index (χ1n) is 6.96. The van der Waals surface area contributed by atoms with Crippen LogP contribution in [0.5, 0.6) is 5.75 Å². The number of benzene rings is 2. The maximum Gasteiger partial charge on any atom is 0.229 e. The molecule has 0 fully saturated rings. The van der Waals surface area contributed by atoms with E-state index in [1.54, 1.807) is 18.2 Å². The van der Waals surface area contributed by atoms with Gasteiger partial charge in [0.1, 0.15) is 11.6 Å². The molecule has 23 heavy (non-hydrogen) atoms. The van der Waals surface area contributed by atoms with Crippen LogP contribution in [0.1, 0.15) is 18.5 Å². The fourth-order valence-corrected chi connectivity index (χ4v) is 2.72. The normalized spacial score (nSPS) is 12.5. The molecule has 2 aromatic rings. The van der Waals surface area contributed by atoms with Gasteiger partial charge in [-0.2, -0.15) is 0 Å². The van der Waals surface area contributed by atoms with Crippen molar-refractivity contribution in [2.75, 3.05) is 23.4 Å². The van der Waals surface area contributed by atoms with Crippen molar-refractivity contribution in [2.45, 2.75) is 13.0 Å². The topological polar surface area (TPSA) is 67.4 Å². The quantitative estimate of drug-likeness (QED) is 0.847. The van der Waals surface area contributed by atoms with Crippen LogP contribution in [0, 0.1) is 5.82 Å². The lowest BCUT2D eigenvalue weighted by molar-refractivity contribution is 0.412. The maximum absolute atomic E-state index is 13.2. The average Bonchev–Trinajstić information content (AvgIpc) is 2.48. The summed E-state index contributed by atoms with van der Waals surface area (Å²) >= 11 is 0. The Kier molecular flexibility index (Phi) is 5.10. The van der Waals surface area contributed by atoms with Gasteiger partial charge < -0.3 is 10.1 Å². The number of hydrogen-bond acceptors (Lipinski definition) is 4. The first-order valence-corrected chi connectivity index (χ1v) is 8.85. The molecule has 5 nitrogen and oxygen atoms in total. The number of methoxy groups -OCH3 is 1. The van der Waals surface area contributed by atoms with Gasteiger partial charge in [0.05, 0.1) is 19.1 Å². The molecule has 1 unspecified atom stereocenters. The predicted octanol–water partition coefficient (Wildman–Crippen LogP) is 3.38. The van der Waals surface area contributed by atoms with E-state index in [0.717, 1.165) is 11.8 Å². The second-order valence-corrected chi connectivity index (χ2v) is 6.96. The molecule has 0 aliphatic rings. The summed E-state index contributed by atoms with van der Waals surface area (Å²) < 4.78 is 43.2. The Labute approximate surface area is 135 Å². The molecule has 124 valence electrons. The van der Waals surface area contributed by atoms with Crippen LogP contribution in [0.4, 0.5) is 15.8 Å². The van der Waals surface area contributed by atoms with E-state index in [0.29, 0.717) is 17.1 Å². The zero-order chi connectivity index (χ0) is 17.0. The summed E-state index contributed by atoms with van der Waals surface area (Å²) in [5, 5.41) is 3.24. The molecule has 0 spiro atoms. The van der Waals surface area contributed by atoms with Gasteiger partial charge in [-0.15, -0.1) is 0 Å². The van der Waals surface area contributed by atoms with Crippen molar-refractivity contribution < 1.29 is 17.5 Å². The smallest absolute Gasteiger partial charge is 0.229 e. The van der Waals surface area contributed by atoms with E-state index in [1.807, 2.05) is 19.1 Å². The van der Waals surface area contributed by atoms with Crippen LogP contribution in [0.15, 0.2) is 42.5 Å². The van der Waals surface area contributed by atoms with Gasteiger partial charge >= 0.3 is 0 Å². The van der Waals surface area contributed by atoms with Crippen molar-refractivity contribution in [3.8, 4) is 5.75 Å². The fraction of sp³-hybridized carbons (Fsp3) is 0.250. The Bertz CT molecular complexity index is 776. The lowest BCUT2D eigenvalue weighted by Gasteiger charge is -2.18. The summed E-state index contributed by atoms with van der Waals surface area (Å²) in [5.41, 5.74) is 2.14. The Morgan fingerprint density at radius 3 is 2.35 bits per heavy atom. The first kappa shape index (κ1) is 17.1. The predicted molar refractivity (Wildman–Crippen MR) is 89.9 cm³/mol. The number of anilines is 2. The monoisotopic (exact) mass is 338 g/mol. The van der Waals surface area contributed by atoms with Crippen molar-refractivity contribution in [1.29, 1.82) is 0 Å². The lowest BCUT2D eigenvalue weighted by Crippen LogP contribution is -2.10. The molecule has 0 aromatic heterocycles. The molecule has 0 bridgehead atoms. The second kappa shape index (κ2) is 6.87. The molecule has 7 heteroatoms. The Morgan fingerprint density at radius 1 is 1.13 bits per heavy atom. The van der Waals surface area contributed by atoms with Crippen LogP contribution in [-0.2, 0) is 10.0 Å². The summed E-state index contributed by atoms with van der Waals surface area (Å²) in [7, 11) is -1.81. The van der Waals surface area contributed by atoms with Crippen LogP contribution in [-0.4, -0.2) is 21.8 Å². The largest absolute Gasteiger partial charge is 0.494 e. The third-order valence-electron chi connectivity index (χ3n) is 3.25. The van der Waals surface area contributed by atoms with E-state index < -0.39 is 10.0 Å². The van der Waals surface area contributed by atoms with Crippen molar-refractivity contribution >= 4 is 21.4 Å². The Balaban J connectivity index is 2.13. The average molecular weight is 338 g/mol. The van der Waals surface area contributed by atoms with E-state index in [9.17, 15) is 12.8 Å². The number of ether oxygens (including phenoxy) is 1. The van der Waals surface area contributed by atoms with Crippen molar-refractivity contribution in [1.82, 2.24) is 0 Å². The highest BCUT2D eigenvalue weighted by atomic mass is 32.2. The van der Waals surface area contributed by atoms with Crippen molar-refractivity contribution in [2.24, 2.45) is 0 Å². The molecule has 2 N–H and O–H groups in total. The highest BCUT2D eigenvalue weighted by Crippen LogP contribution is 2.29. The van der Waals surface area contributed by atoms with E-state index in [2.05, 4.69) is 10.0 Å². The molecule has 2 aromatic carbocycles. The van der Waals surface area contributed by atoms with Crippen LogP contribution >= 0.6 is 0 Å². The van der Waals surface area contributed by atoms with Crippen LogP contribution < -0.4 is 14.8 Å². The standard InChI is InChI=1S/C16H19FN2O3S/c1-11(18-15-9-6-13(17)10-16(15)22-2)12-4-7-14(8-5-12)19-23(3,20)21/h4-11,18-19H,1-3H3. The van der Waals surface area contributed by atoms with E-state index >= 15 is 0 Å². The first-order chi connectivity index (χ1) is 10.8. The van der Waals surface area contributed by atoms with Gasteiger partial charge in [0, 0.05) is 17.8 Å². The van der Waals surface area contributed by atoms with Gasteiger partial charge in [0.2, 0.25) is 10.0 Å². The number of halogens is 1. The van der Waals surface area contributed by atoms with Crippen molar-refractivity contribution in [3.05, 3.63) is 53.8 Å². The minimum absolute atomic E-state index is 0.0679. The zero-order valence-electron chi connectivity index (χ0n) is 13.1. The van der Waals surface area contributed by atoms with Gasteiger partial charge in [-0.3, -0.25) is 4.72 Å². The Morgan fingerprint density at radius 2 is 1.78 bits per heavy atom. The maximum atomic E-state index is 13.2. The minimum Gasteiger partial charge on any atom is -0.494 e. The molecule has 2 rings (SSSR count). The van der Waals surface area contributed by atoms with Gasteiger partial charge in [-0.25, -0.2) is 12.8 Å². The number of nitrogens with one attached hydrogen (secondary N) is 2. The highest BCUT2D eigenvalue weighted by molar-refractivity contribution is 7.92. The van der Waals surface area contributed by atoms with Crippen LogP contribution in [0.25, 0.3) is 0 Å². The molecule has 0 aliphatic heterocycles. The van der Waals surface area contributed by atoms with E-state index in [1.165, 1.54) is 19.2 Å². The molecular weight excluding hydrogens is 319 g/mol. The molecule has 0 radical (unpaired) electrons. The van der Waals surface area contributed by atoms with Gasteiger partial charge in [0.15, 0.2) is 0 Å². The Hall–Kier alpha value is -2.28. The van der Waals surface area contributed by atoms with E-state index in [4.69, 9.17) is 4.74 Å². The number of hydrogen-bond donors (Lipinski definition) is 2. The summed E-state index contributed by atoms with van der Waals surface area (Å²) in [6.07, 6.45) is 1.10. The summed E-state index contributed by atoms with van der Waals surface area (Å²) in [4.78, 5) is 0. The molecule has 0 heterocycles. The molecular formula is C16H19FN2O3S. The summed E-state index contributed by atoms with van der Waals surface area (Å²) in [6.45, 7) is 1.95. The number of sulfonamides is 1. The van der Waals surface area contributed by atoms with Crippen LogP contribution in [0.3, 0.4) is 0 Å².